The molecule has 6 nitrogen and oxygen atoms in total. The zero-order valence-corrected chi connectivity index (χ0v) is 12.9. The third kappa shape index (κ3) is 3.82. The fourth-order valence-corrected chi connectivity index (χ4v) is 2.78. The predicted octanol–water partition coefficient (Wildman–Crippen LogP) is 3.69. The fraction of sp³-hybridized carbons (Fsp3) is 0.143. The van der Waals surface area contributed by atoms with Gasteiger partial charge in [0, 0.05) is 11.6 Å². The number of benzene rings is 2. The molecule has 0 bridgehead atoms. The highest BCUT2D eigenvalue weighted by Crippen LogP contribution is 2.32. The van der Waals surface area contributed by atoms with Crippen LogP contribution in [0, 0.1) is 17.0 Å². The van der Waals surface area contributed by atoms with Crippen molar-refractivity contribution in [3.05, 3.63) is 63.7 Å². The second-order valence-electron chi connectivity index (χ2n) is 4.77. The molecule has 0 aromatic heterocycles. The molecule has 0 aliphatic heterocycles. The Labute approximate surface area is 134 Å². The first-order valence-electron chi connectivity index (χ1n) is 6.37. The number of aryl methyl sites for hydroxylation is 1. The van der Waals surface area contributed by atoms with Crippen molar-refractivity contribution in [2.45, 2.75) is 18.0 Å². The molecule has 0 amide bonds. The first-order valence-corrected chi connectivity index (χ1v) is 7.78. The van der Waals surface area contributed by atoms with Gasteiger partial charge in [-0.3, -0.25) is 10.1 Å². The quantitative estimate of drug-likeness (QED) is 0.471. The number of halogens is 3. The van der Waals surface area contributed by atoms with E-state index in [2.05, 4.69) is 4.18 Å². The Kier molecular flexibility index (Phi) is 4.52. The van der Waals surface area contributed by atoms with Gasteiger partial charge in [0.1, 0.15) is 10.6 Å². The summed E-state index contributed by atoms with van der Waals surface area (Å²) in [6.07, 6.45) is -4.66. The van der Waals surface area contributed by atoms with Gasteiger partial charge >= 0.3 is 16.3 Å². The fourth-order valence-electron chi connectivity index (χ4n) is 1.84. The summed E-state index contributed by atoms with van der Waals surface area (Å²) in [6.45, 7) is 1.42. The minimum absolute atomic E-state index is 0.234. The van der Waals surface area contributed by atoms with E-state index in [4.69, 9.17) is 0 Å². The summed E-state index contributed by atoms with van der Waals surface area (Å²) in [6, 6.07) is 6.39. The average Bonchev–Trinajstić information content (AvgIpc) is 2.46. The topological polar surface area (TPSA) is 86.5 Å². The van der Waals surface area contributed by atoms with E-state index < -0.39 is 43.1 Å². The van der Waals surface area contributed by atoms with Crippen LogP contribution in [-0.2, 0) is 16.3 Å². The lowest BCUT2D eigenvalue weighted by atomic mass is 10.2. The van der Waals surface area contributed by atoms with Crippen molar-refractivity contribution in [3.63, 3.8) is 0 Å². The Bertz CT molecular complexity index is 894. The van der Waals surface area contributed by atoms with E-state index in [1.54, 1.807) is 0 Å². The van der Waals surface area contributed by atoms with Gasteiger partial charge in [-0.2, -0.15) is 21.6 Å². The van der Waals surface area contributed by atoms with Gasteiger partial charge in [0.2, 0.25) is 0 Å². The monoisotopic (exact) mass is 361 g/mol. The summed E-state index contributed by atoms with van der Waals surface area (Å²) >= 11 is 0. The Morgan fingerprint density at radius 2 is 1.79 bits per heavy atom. The van der Waals surface area contributed by atoms with Gasteiger partial charge in [0.15, 0.2) is 0 Å². The first kappa shape index (κ1) is 17.7. The summed E-state index contributed by atoms with van der Waals surface area (Å²) < 4.78 is 66.8. The maximum absolute atomic E-state index is 12.6. The molecule has 2 aromatic carbocycles. The predicted molar refractivity (Wildman–Crippen MR) is 77.1 cm³/mol. The Hall–Kier alpha value is -2.62. The second kappa shape index (κ2) is 6.11. The molecule has 128 valence electrons. The molecule has 0 heterocycles. The van der Waals surface area contributed by atoms with E-state index in [1.165, 1.54) is 13.0 Å². The number of rotatable bonds is 4. The van der Waals surface area contributed by atoms with Crippen LogP contribution in [0.15, 0.2) is 47.4 Å². The van der Waals surface area contributed by atoms with Gasteiger partial charge in [0.05, 0.1) is 10.5 Å². The maximum atomic E-state index is 12.6. The minimum atomic E-state index is -4.66. The third-order valence-corrected chi connectivity index (χ3v) is 4.28. The lowest BCUT2D eigenvalue weighted by Gasteiger charge is -2.10. The largest absolute Gasteiger partial charge is 0.416 e. The number of hydrogen-bond donors (Lipinski definition) is 0. The molecule has 0 spiro atoms. The summed E-state index contributed by atoms with van der Waals surface area (Å²) in [5.41, 5.74) is -1.29. The van der Waals surface area contributed by atoms with Crippen LogP contribution in [0.1, 0.15) is 11.1 Å². The van der Waals surface area contributed by atoms with E-state index in [1.807, 2.05) is 0 Å². The van der Waals surface area contributed by atoms with Gasteiger partial charge in [0.25, 0.3) is 5.69 Å². The summed E-state index contributed by atoms with van der Waals surface area (Å²) in [7, 11) is -4.52. The normalized spacial score (nSPS) is 12.0. The van der Waals surface area contributed by atoms with Gasteiger partial charge in [-0.15, -0.1) is 0 Å². The Balaban J connectivity index is 2.39. The van der Waals surface area contributed by atoms with Crippen LogP contribution in [0.3, 0.4) is 0 Å². The molecule has 0 radical (unpaired) electrons. The molecule has 0 aliphatic carbocycles. The minimum Gasteiger partial charge on any atom is -0.379 e. The number of alkyl halides is 3. The molecular formula is C14H10F3NO5S. The van der Waals surface area contributed by atoms with Crippen LogP contribution in [0.4, 0.5) is 18.9 Å². The van der Waals surface area contributed by atoms with E-state index in [9.17, 15) is 31.7 Å². The first-order chi connectivity index (χ1) is 11.0. The molecule has 2 aromatic rings. The van der Waals surface area contributed by atoms with Gasteiger partial charge < -0.3 is 4.18 Å². The van der Waals surface area contributed by atoms with Gasteiger partial charge in [-0.05, 0) is 31.2 Å². The standard InChI is InChI=1S/C14H10F3NO5S/c1-9-5-6-12(8-13(9)18(19)20)24(21,22)23-11-4-2-3-10(7-11)14(15,16)17/h2-8H,1H3. The molecule has 24 heavy (non-hydrogen) atoms. The molecule has 0 atom stereocenters. The molecule has 0 saturated carbocycles. The van der Waals surface area contributed by atoms with Crippen molar-refractivity contribution in [3.8, 4) is 5.75 Å². The molecule has 0 fully saturated rings. The van der Waals surface area contributed by atoms with Crippen molar-refractivity contribution < 1.29 is 30.7 Å². The van der Waals surface area contributed by atoms with Crippen LogP contribution >= 0.6 is 0 Å². The van der Waals surface area contributed by atoms with Crippen molar-refractivity contribution in [2.24, 2.45) is 0 Å². The molecule has 0 saturated heterocycles. The van der Waals surface area contributed by atoms with Crippen LogP contribution in [0.2, 0.25) is 0 Å². The summed E-state index contributed by atoms with van der Waals surface area (Å²) in [5.74, 6) is -0.548. The van der Waals surface area contributed by atoms with E-state index >= 15 is 0 Å². The van der Waals surface area contributed by atoms with Crippen molar-refractivity contribution in [2.75, 3.05) is 0 Å². The van der Waals surface area contributed by atoms with Crippen molar-refractivity contribution in [1.82, 2.24) is 0 Å². The summed E-state index contributed by atoms with van der Waals surface area (Å²) in [5, 5.41) is 10.9. The third-order valence-electron chi connectivity index (χ3n) is 3.03. The molecular weight excluding hydrogens is 351 g/mol. The zero-order chi connectivity index (χ0) is 18.1. The van der Waals surface area contributed by atoms with Crippen molar-refractivity contribution in [1.29, 1.82) is 0 Å². The number of nitro benzene ring substituents is 1. The van der Waals surface area contributed by atoms with Crippen LogP contribution in [0.5, 0.6) is 5.75 Å². The lowest BCUT2D eigenvalue weighted by molar-refractivity contribution is -0.385. The SMILES string of the molecule is Cc1ccc(S(=O)(=O)Oc2cccc(C(F)(F)F)c2)cc1[N+](=O)[O-]. The lowest BCUT2D eigenvalue weighted by Crippen LogP contribution is -2.11. The second-order valence-corrected chi connectivity index (χ2v) is 6.31. The number of hydrogen-bond acceptors (Lipinski definition) is 5. The van der Waals surface area contributed by atoms with E-state index in [0.29, 0.717) is 6.07 Å². The Morgan fingerprint density at radius 3 is 2.38 bits per heavy atom. The van der Waals surface area contributed by atoms with Crippen LogP contribution in [0.25, 0.3) is 0 Å². The highest BCUT2D eigenvalue weighted by Gasteiger charge is 2.31. The Morgan fingerprint density at radius 1 is 1.12 bits per heavy atom. The van der Waals surface area contributed by atoms with Crippen molar-refractivity contribution >= 4 is 15.8 Å². The molecule has 10 heteroatoms. The molecule has 0 N–H and O–H groups in total. The molecule has 2 rings (SSSR count). The van der Waals surface area contributed by atoms with Crippen LogP contribution in [-0.4, -0.2) is 13.3 Å². The smallest absolute Gasteiger partial charge is 0.379 e. The highest BCUT2D eigenvalue weighted by molar-refractivity contribution is 7.87. The van der Waals surface area contributed by atoms with Gasteiger partial charge in [-0.25, -0.2) is 0 Å². The molecule has 0 aliphatic rings. The molecule has 0 unspecified atom stereocenters. The summed E-state index contributed by atoms with van der Waals surface area (Å²) in [4.78, 5) is 9.56. The average molecular weight is 361 g/mol. The van der Waals surface area contributed by atoms with Gasteiger partial charge in [-0.1, -0.05) is 12.1 Å². The highest BCUT2D eigenvalue weighted by atomic mass is 32.2. The number of nitro groups is 1. The van der Waals surface area contributed by atoms with E-state index in [-0.39, 0.29) is 5.56 Å². The maximum Gasteiger partial charge on any atom is 0.416 e. The van der Waals surface area contributed by atoms with E-state index in [0.717, 1.165) is 30.3 Å². The zero-order valence-electron chi connectivity index (χ0n) is 12.1. The van der Waals surface area contributed by atoms with Crippen LogP contribution < -0.4 is 4.18 Å². The number of nitrogens with zero attached hydrogens (tertiary/aromatic N) is 1.